The molecule has 6 N–H and O–H groups in total. The second-order valence-electron chi connectivity index (χ2n) is 28.2. The molecule has 21 nitrogen and oxygen atoms in total. The van der Waals surface area contributed by atoms with E-state index in [-0.39, 0.29) is 38.3 Å². The first-order valence-electron chi connectivity index (χ1n) is 33.8. The number of nitrogens with one attached hydrogen (secondary N) is 2. The molecule has 5 aromatic rings. The molecule has 0 saturated heterocycles. The first-order chi connectivity index (χ1) is 46.2. The molecule has 1 unspecified atom stereocenters. The highest BCUT2D eigenvalue weighted by Crippen LogP contribution is 2.39. The van der Waals surface area contributed by atoms with Gasteiger partial charge in [0.2, 0.25) is 11.8 Å². The van der Waals surface area contributed by atoms with E-state index < -0.39 is 113 Å². The monoisotopic (exact) mass is 1350 g/mol. The lowest BCUT2D eigenvalue weighted by molar-refractivity contribution is -0.156. The van der Waals surface area contributed by atoms with Gasteiger partial charge in [-0.25, -0.2) is 0 Å². The van der Waals surface area contributed by atoms with Crippen LogP contribution in [0.1, 0.15) is 172 Å². The number of carbonyl (C=O) groups excluding carboxylic acids is 7. The minimum atomic E-state index is -1.57. The van der Waals surface area contributed by atoms with E-state index >= 15 is 14.4 Å². The molecule has 0 saturated carbocycles. The fourth-order valence-electron chi connectivity index (χ4n) is 11.6. The fraction of sp³-hybridized carbons (Fsp3) is 0.519. The molecule has 0 aromatic heterocycles. The number of carbonyl (C=O) groups is 7. The van der Waals surface area contributed by atoms with E-state index in [1.807, 2.05) is 83.1 Å². The Kier molecular flexibility index (Phi) is 31.0. The van der Waals surface area contributed by atoms with Crippen molar-refractivity contribution in [3.05, 3.63) is 153 Å². The number of methoxy groups -OCH3 is 2. The number of esters is 1. The van der Waals surface area contributed by atoms with E-state index in [4.69, 9.17) is 50.2 Å². The van der Waals surface area contributed by atoms with Gasteiger partial charge < -0.3 is 55.3 Å². The van der Waals surface area contributed by atoms with Gasteiger partial charge in [-0.1, -0.05) is 89.9 Å². The minimum Gasteiger partial charge on any atom is -0.497 e. The second kappa shape index (κ2) is 37.9. The molecule has 21 heteroatoms. The Bertz CT molecular complexity index is 3510. The van der Waals surface area contributed by atoms with Crippen molar-refractivity contribution in [2.75, 3.05) is 40.6 Å². The summed E-state index contributed by atoms with van der Waals surface area (Å²) < 4.78 is 41.0. The smallest absolute Gasteiger partial charge is 0.308 e. The number of hydrogen-bond acceptors (Lipinski definition) is 16. The van der Waals surface area contributed by atoms with Crippen LogP contribution in [0.4, 0.5) is 0 Å². The van der Waals surface area contributed by atoms with Crippen molar-refractivity contribution in [3.8, 4) is 34.1 Å². The maximum Gasteiger partial charge on any atom is 0.308 e. The molecule has 3 amide bonds. The molecule has 0 fully saturated rings. The molecule has 0 radical (unpaired) electrons. The molecule has 5 aromatic carbocycles. The van der Waals surface area contributed by atoms with Crippen LogP contribution in [-0.2, 0) is 67.0 Å². The van der Waals surface area contributed by atoms with E-state index in [1.54, 1.807) is 84.9 Å². The summed E-state index contributed by atoms with van der Waals surface area (Å²) in [6.07, 6.45) is 0.894. The molecule has 0 aliphatic carbocycles. The van der Waals surface area contributed by atoms with E-state index in [2.05, 4.69) is 45.8 Å². The summed E-state index contributed by atoms with van der Waals surface area (Å²) in [4.78, 5) is 104. The topological polar surface area (TPSA) is 309 Å². The Labute approximate surface area is 579 Å². The lowest BCUT2D eigenvalue weighted by atomic mass is 9.84. The average molecular weight is 1350 g/mol. The standard InChI is InChI=1S/C77H105N7O14/c1-16-53-40-60(94-35-18-17-34-81-84-80)31-32-61(53)54-24-22-51(23-25-54)39-56(41-66(85)65(45-71(89)98-77(11,12)13)83-74(91)57(46-96-75(5,6)7)42-68(87)72(79)50(4)97-76(8,9)10)73(90)82-64(21-19-20-52-37-48(2)36-49(3)38-52)67(86)44-63(62-33-30-59(92-14)43-69(62)93-15)55-26-28-58(29-27-55)95-47-70(78)88/h22-33,36-38,40,43,50,56-57,63-65,72H,16-21,34-35,39,41-42,44-47,79H2,1-15H3,(H2,78,88)(H,82,90)(H,83,91)/t50-,56-,57+,63?,64+,65+,72+/m1/s1. The zero-order valence-electron chi connectivity index (χ0n) is 60.2. The van der Waals surface area contributed by atoms with Crippen LogP contribution in [0, 0.1) is 25.7 Å². The van der Waals surface area contributed by atoms with Gasteiger partial charge in [-0.05, 0) is 197 Å². The zero-order valence-corrected chi connectivity index (χ0v) is 60.2. The van der Waals surface area contributed by atoms with Crippen LogP contribution in [0.5, 0.6) is 23.0 Å². The number of aryl methyl sites for hydroxylation is 4. The van der Waals surface area contributed by atoms with Gasteiger partial charge in [0.05, 0.1) is 75.2 Å². The predicted molar refractivity (Wildman–Crippen MR) is 379 cm³/mol. The van der Waals surface area contributed by atoms with Gasteiger partial charge in [0.1, 0.15) is 28.6 Å². The number of nitrogens with two attached hydrogens (primary N) is 2. The Morgan fingerprint density at radius 2 is 1.26 bits per heavy atom. The molecule has 5 rings (SSSR count). The van der Waals surface area contributed by atoms with Crippen molar-refractivity contribution < 1.29 is 66.7 Å². The number of nitrogens with zero attached hydrogens (tertiary/aromatic N) is 3. The number of amides is 3. The van der Waals surface area contributed by atoms with Gasteiger partial charge in [0.25, 0.3) is 5.91 Å². The summed E-state index contributed by atoms with van der Waals surface area (Å²) in [5.74, 6) is -5.38. The van der Waals surface area contributed by atoms with Gasteiger partial charge in [-0.2, -0.15) is 0 Å². The Hall–Kier alpha value is -8.62. The highest BCUT2D eigenvalue weighted by Gasteiger charge is 2.37. The molecule has 0 spiro atoms. The summed E-state index contributed by atoms with van der Waals surface area (Å²) >= 11 is 0. The van der Waals surface area contributed by atoms with Crippen LogP contribution in [0.2, 0.25) is 0 Å². The van der Waals surface area contributed by atoms with Crippen LogP contribution in [-0.4, -0.2) is 123 Å². The highest BCUT2D eigenvalue weighted by molar-refractivity contribution is 5.97. The van der Waals surface area contributed by atoms with E-state index in [9.17, 15) is 19.2 Å². The van der Waals surface area contributed by atoms with Gasteiger partial charge in [-0.15, -0.1) is 0 Å². The maximum absolute atomic E-state index is 15.7. The third kappa shape index (κ3) is 27.4. The number of unbranched alkanes of at least 4 members (excludes halogenated alkanes) is 1. The number of hydrogen-bond donors (Lipinski definition) is 4. The van der Waals surface area contributed by atoms with Crippen LogP contribution in [0.25, 0.3) is 21.6 Å². The molecular weight excluding hydrogens is 1250 g/mol. The largest absolute Gasteiger partial charge is 0.497 e. The lowest BCUT2D eigenvalue weighted by Gasteiger charge is -2.30. The summed E-state index contributed by atoms with van der Waals surface area (Å²) in [5.41, 5.74) is 26.2. The first-order valence-corrected chi connectivity index (χ1v) is 33.8. The van der Waals surface area contributed by atoms with Crippen molar-refractivity contribution in [3.63, 3.8) is 0 Å². The Morgan fingerprint density at radius 3 is 1.86 bits per heavy atom. The minimum absolute atomic E-state index is 0.0272. The molecule has 0 aliphatic heterocycles. The van der Waals surface area contributed by atoms with Crippen molar-refractivity contribution in [1.82, 2.24) is 10.6 Å². The first kappa shape index (κ1) is 80.1. The summed E-state index contributed by atoms with van der Waals surface area (Å²) in [7, 11) is 3.06. The van der Waals surface area contributed by atoms with E-state index in [0.29, 0.717) is 84.9 Å². The molecular formula is C77H105N7O14. The normalized spacial score (nSPS) is 13.8. The van der Waals surface area contributed by atoms with Crippen molar-refractivity contribution in [2.45, 2.75) is 208 Å². The maximum atomic E-state index is 15.7. The van der Waals surface area contributed by atoms with E-state index in [1.165, 1.54) is 14.2 Å². The van der Waals surface area contributed by atoms with Gasteiger partial charge >= 0.3 is 5.97 Å². The third-order valence-electron chi connectivity index (χ3n) is 16.3. The SMILES string of the molecule is CCc1cc(OCCCCN=[N+]=[N-])ccc1-c1ccc(C[C@H](CC(=O)[C@H](CC(=O)OC(C)(C)C)NC(=O)[C@H](COC(C)(C)C)CC(=O)[C@@H](N)[C@@H](C)OC(C)(C)C)C(=O)N[C@@H](CCCc2cc(C)cc(C)c2)C(=O)CC(c2ccc(OCC(N)=O)cc2)c2ccc(OC)cc2OC)cc1. The zero-order chi connectivity index (χ0) is 72.5. The highest BCUT2D eigenvalue weighted by atomic mass is 16.6. The number of ketones is 3. The van der Waals surface area contributed by atoms with Crippen LogP contribution in [0.15, 0.2) is 108 Å². The summed E-state index contributed by atoms with van der Waals surface area (Å²) in [6.45, 7) is 23.9. The predicted octanol–water partition coefficient (Wildman–Crippen LogP) is 12.4. The number of primary amides is 1. The van der Waals surface area contributed by atoms with Crippen LogP contribution >= 0.6 is 0 Å². The number of rotatable bonds is 40. The fourth-order valence-corrected chi connectivity index (χ4v) is 11.6. The summed E-state index contributed by atoms with van der Waals surface area (Å²) in [6, 6.07) is 28.2. The molecule has 98 heavy (non-hydrogen) atoms. The van der Waals surface area contributed by atoms with Crippen LogP contribution in [0.3, 0.4) is 0 Å². The summed E-state index contributed by atoms with van der Waals surface area (Å²) in [5, 5.41) is 9.54. The lowest BCUT2D eigenvalue weighted by Crippen LogP contribution is -2.50. The number of benzene rings is 5. The molecule has 7 atom stereocenters. The van der Waals surface area contributed by atoms with Crippen molar-refractivity contribution >= 4 is 41.0 Å². The molecule has 0 bridgehead atoms. The number of Topliss-reactive ketones (excluding diaryl/α,β-unsaturated/α-hetero) is 3. The number of azide groups is 1. The van der Waals surface area contributed by atoms with E-state index in [0.717, 1.165) is 33.4 Å². The number of ether oxygens (including phenoxy) is 7. The molecule has 0 heterocycles. The Morgan fingerprint density at radius 1 is 0.633 bits per heavy atom. The molecule has 532 valence electrons. The third-order valence-corrected chi connectivity index (χ3v) is 16.3. The quantitative estimate of drug-likeness (QED) is 0.00931. The van der Waals surface area contributed by atoms with Crippen molar-refractivity contribution in [1.29, 1.82) is 0 Å². The van der Waals surface area contributed by atoms with Crippen LogP contribution < -0.4 is 41.0 Å². The second-order valence-corrected chi connectivity index (χ2v) is 28.2. The van der Waals surface area contributed by atoms with Gasteiger partial charge in [0.15, 0.2) is 24.0 Å². The van der Waals surface area contributed by atoms with Crippen molar-refractivity contribution in [2.24, 2.45) is 28.4 Å². The average Bonchev–Trinajstić information content (AvgIpc) is 0.804. The molecule has 0 aliphatic rings. The van der Waals surface area contributed by atoms with Gasteiger partial charge in [-0.3, -0.25) is 33.6 Å². The Balaban J connectivity index is 1.62. The van der Waals surface area contributed by atoms with Gasteiger partial charge in [0, 0.05) is 54.2 Å².